The van der Waals surface area contributed by atoms with Gasteiger partial charge in [0, 0.05) is 5.56 Å². The van der Waals surface area contributed by atoms with Crippen LogP contribution in [0.1, 0.15) is 24.3 Å². The number of amides is 1. The van der Waals surface area contributed by atoms with E-state index in [1.54, 1.807) is 26.0 Å². The van der Waals surface area contributed by atoms with Crippen LogP contribution in [-0.4, -0.2) is 50.4 Å². The molecule has 0 radical (unpaired) electrons. The number of nitrogens with zero attached hydrogens (tertiary/aromatic N) is 1. The fraction of sp³-hybridized carbons (Fsp3) is 0.562. The number of benzene rings is 1. The van der Waals surface area contributed by atoms with Gasteiger partial charge in [-0.2, -0.15) is 0 Å². The first kappa shape index (κ1) is 17.0. The summed E-state index contributed by atoms with van der Waals surface area (Å²) >= 11 is 1.71. The zero-order valence-electron chi connectivity index (χ0n) is 13.7. The Labute approximate surface area is 136 Å². The maximum atomic E-state index is 12.6. The van der Waals surface area contributed by atoms with Crippen LogP contribution in [0.15, 0.2) is 18.2 Å². The fourth-order valence-electron chi connectivity index (χ4n) is 2.63. The first-order valence-corrected chi connectivity index (χ1v) is 8.56. The highest BCUT2D eigenvalue weighted by Gasteiger charge is 2.41. The Morgan fingerprint density at radius 1 is 1.32 bits per heavy atom. The highest BCUT2D eigenvalue weighted by molar-refractivity contribution is 8.01. The molecule has 6 heteroatoms. The smallest absolute Gasteiger partial charge is 0.237 e. The Bertz CT molecular complexity index is 524. The van der Waals surface area contributed by atoms with E-state index in [0.29, 0.717) is 0 Å². The van der Waals surface area contributed by atoms with Crippen LogP contribution in [0.2, 0.25) is 0 Å². The highest BCUT2D eigenvalue weighted by atomic mass is 32.2. The summed E-state index contributed by atoms with van der Waals surface area (Å²) in [7, 11) is 5.33. The topological polar surface area (TPSA) is 55.4 Å². The first-order valence-electron chi connectivity index (χ1n) is 7.61. The Morgan fingerprint density at radius 3 is 2.68 bits per heavy atom. The molecule has 2 rings (SSSR count). The lowest BCUT2D eigenvalue weighted by Crippen LogP contribution is -2.81. The Morgan fingerprint density at radius 2 is 2.09 bits per heavy atom. The van der Waals surface area contributed by atoms with Crippen molar-refractivity contribution in [3.05, 3.63) is 23.8 Å². The van der Waals surface area contributed by atoms with Gasteiger partial charge in [0.1, 0.15) is 16.9 Å². The van der Waals surface area contributed by atoms with Gasteiger partial charge in [-0.05, 0) is 24.6 Å². The molecule has 1 amide bonds. The van der Waals surface area contributed by atoms with Crippen molar-refractivity contribution in [2.24, 2.45) is 0 Å². The third kappa shape index (κ3) is 3.33. The number of methoxy groups -OCH3 is 2. The first-order chi connectivity index (χ1) is 10.7. The Hall–Kier alpha value is -1.40. The molecule has 2 atom stereocenters. The van der Waals surface area contributed by atoms with Crippen LogP contribution in [0.4, 0.5) is 0 Å². The van der Waals surface area contributed by atoms with Crippen molar-refractivity contribution in [3.63, 3.8) is 0 Å². The number of hydrogen-bond donors (Lipinski definition) is 1. The van der Waals surface area contributed by atoms with Gasteiger partial charge in [0.15, 0.2) is 0 Å². The van der Waals surface area contributed by atoms with Crippen LogP contribution in [0.25, 0.3) is 0 Å². The van der Waals surface area contributed by atoms with E-state index in [2.05, 4.69) is 12.2 Å². The number of hydrogen-bond acceptors (Lipinski definition) is 4. The van der Waals surface area contributed by atoms with E-state index in [1.165, 1.54) is 0 Å². The standard InChI is InChI=1S/C16H24N2O3S/c1-5-14-15(19)18(9-8-17-2)16(22-14)12-10-11(20-3)6-7-13(12)21-4/h6-7,10,14,16-17H,5,8-9H2,1-4H3/p+1/t14-,16-/m1/s1. The molecule has 2 N–H and O–H groups in total. The maximum Gasteiger partial charge on any atom is 0.237 e. The molecular formula is C16H25N2O3S+. The maximum absolute atomic E-state index is 12.6. The van der Waals surface area contributed by atoms with E-state index in [4.69, 9.17) is 9.47 Å². The number of nitrogens with two attached hydrogens (primary N) is 1. The van der Waals surface area contributed by atoms with Crippen molar-refractivity contribution in [1.29, 1.82) is 0 Å². The van der Waals surface area contributed by atoms with Crippen molar-refractivity contribution in [3.8, 4) is 11.5 Å². The molecule has 0 aliphatic carbocycles. The summed E-state index contributed by atoms with van der Waals surface area (Å²) in [6, 6.07) is 5.76. The second-order valence-electron chi connectivity index (χ2n) is 5.22. The van der Waals surface area contributed by atoms with Crippen LogP contribution in [0, 0.1) is 0 Å². The summed E-state index contributed by atoms with van der Waals surface area (Å²) in [6.45, 7) is 3.69. The SMILES string of the molecule is CC[C@H]1S[C@H](c2cc(OC)ccc2OC)N(CC[NH2+]C)C1=O. The predicted molar refractivity (Wildman–Crippen MR) is 88.4 cm³/mol. The van der Waals surface area contributed by atoms with Crippen LogP contribution < -0.4 is 14.8 Å². The fourth-order valence-corrected chi connectivity index (χ4v) is 4.07. The Kier molecular flexibility index (Phi) is 5.97. The number of thioether (sulfide) groups is 1. The molecule has 1 heterocycles. The summed E-state index contributed by atoms with van der Waals surface area (Å²) in [4.78, 5) is 14.6. The lowest BCUT2D eigenvalue weighted by molar-refractivity contribution is -0.626. The number of ether oxygens (including phenoxy) is 2. The zero-order valence-corrected chi connectivity index (χ0v) is 14.5. The molecule has 0 saturated carbocycles. The van der Waals surface area contributed by atoms with Crippen LogP contribution in [0.5, 0.6) is 11.5 Å². The highest BCUT2D eigenvalue weighted by Crippen LogP contribution is 2.47. The van der Waals surface area contributed by atoms with E-state index < -0.39 is 0 Å². The predicted octanol–water partition coefficient (Wildman–Crippen LogP) is 1.25. The normalized spacial score (nSPS) is 21.3. The third-order valence-electron chi connectivity index (χ3n) is 3.87. The third-order valence-corrected chi connectivity index (χ3v) is 5.50. The van der Waals surface area contributed by atoms with E-state index in [1.807, 2.05) is 30.1 Å². The van der Waals surface area contributed by atoms with Crippen molar-refractivity contribution in [2.75, 3.05) is 34.4 Å². The van der Waals surface area contributed by atoms with E-state index in [9.17, 15) is 4.79 Å². The van der Waals surface area contributed by atoms with Gasteiger partial charge in [0.05, 0.1) is 39.6 Å². The molecule has 1 fully saturated rings. The Balaban J connectivity index is 2.37. The van der Waals surface area contributed by atoms with E-state index in [0.717, 1.165) is 36.6 Å². The van der Waals surface area contributed by atoms with Crippen LogP contribution in [-0.2, 0) is 4.79 Å². The van der Waals surface area contributed by atoms with Gasteiger partial charge in [0.2, 0.25) is 5.91 Å². The lowest BCUT2D eigenvalue weighted by atomic mass is 10.1. The van der Waals surface area contributed by atoms with E-state index in [-0.39, 0.29) is 16.5 Å². The van der Waals surface area contributed by atoms with Crippen molar-refractivity contribution >= 4 is 17.7 Å². The van der Waals surface area contributed by atoms with Gasteiger partial charge in [-0.25, -0.2) is 0 Å². The molecule has 1 aliphatic rings. The van der Waals surface area contributed by atoms with Gasteiger partial charge < -0.3 is 19.7 Å². The minimum atomic E-state index is -0.0116. The molecule has 122 valence electrons. The molecule has 22 heavy (non-hydrogen) atoms. The van der Waals surface area contributed by atoms with Crippen LogP contribution in [0.3, 0.4) is 0 Å². The molecule has 1 aliphatic heterocycles. The molecular weight excluding hydrogens is 300 g/mol. The summed E-state index contributed by atoms with van der Waals surface area (Å²) in [5, 5.41) is 2.11. The summed E-state index contributed by atoms with van der Waals surface area (Å²) in [5.41, 5.74) is 1.01. The van der Waals surface area contributed by atoms with Gasteiger partial charge in [-0.3, -0.25) is 4.79 Å². The number of quaternary nitrogens is 1. The zero-order chi connectivity index (χ0) is 16.1. The molecule has 0 aromatic heterocycles. The quantitative estimate of drug-likeness (QED) is 0.820. The van der Waals surface area contributed by atoms with Crippen LogP contribution >= 0.6 is 11.8 Å². The number of carbonyl (C=O) groups is 1. The molecule has 5 nitrogen and oxygen atoms in total. The lowest BCUT2D eigenvalue weighted by Gasteiger charge is -2.25. The molecule has 1 saturated heterocycles. The largest absolute Gasteiger partial charge is 0.497 e. The van der Waals surface area contributed by atoms with Gasteiger partial charge >= 0.3 is 0 Å². The number of likely N-dealkylation sites (N-methyl/N-ethyl adjacent to an activating group) is 1. The second kappa shape index (κ2) is 7.74. The summed E-state index contributed by atoms with van der Waals surface area (Å²) < 4.78 is 10.8. The van der Waals surface area contributed by atoms with Gasteiger partial charge in [-0.15, -0.1) is 11.8 Å². The molecule has 1 aromatic carbocycles. The van der Waals surface area contributed by atoms with Crippen molar-refractivity contribution < 1.29 is 19.6 Å². The van der Waals surface area contributed by atoms with Crippen molar-refractivity contribution in [2.45, 2.75) is 24.0 Å². The minimum Gasteiger partial charge on any atom is -0.497 e. The summed E-state index contributed by atoms with van der Waals surface area (Å²) in [5.74, 6) is 1.81. The molecule has 1 aromatic rings. The van der Waals surface area contributed by atoms with Gasteiger partial charge in [-0.1, -0.05) is 6.92 Å². The average Bonchev–Trinajstić information content (AvgIpc) is 2.88. The van der Waals surface area contributed by atoms with E-state index >= 15 is 0 Å². The van der Waals surface area contributed by atoms with Crippen molar-refractivity contribution in [1.82, 2.24) is 4.90 Å². The second-order valence-corrected chi connectivity index (χ2v) is 6.51. The number of carbonyl (C=O) groups excluding carboxylic acids is 1. The summed E-state index contributed by atoms with van der Waals surface area (Å²) in [6.07, 6.45) is 0.846. The molecule has 0 spiro atoms. The molecule has 0 unspecified atom stereocenters. The average molecular weight is 325 g/mol. The monoisotopic (exact) mass is 325 g/mol. The van der Waals surface area contributed by atoms with Gasteiger partial charge in [0.25, 0.3) is 0 Å². The number of rotatable bonds is 7. The molecule has 0 bridgehead atoms. The minimum absolute atomic E-state index is 0.0116.